The highest BCUT2D eigenvalue weighted by molar-refractivity contribution is 5.90. The fourth-order valence-electron chi connectivity index (χ4n) is 4.22. The molecule has 2 aromatic rings. The highest BCUT2D eigenvalue weighted by atomic mass is 16.5. The summed E-state index contributed by atoms with van der Waals surface area (Å²) in [6, 6.07) is 0. The molecular formula is C19H28N6O2. The van der Waals surface area contributed by atoms with Crippen molar-refractivity contribution in [1.29, 1.82) is 0 Å². The number of likely N-dealkylation sites (tertiary alicyclic amines) is 1. The van der Waals surface area contributed by atoms with Crippen molar-refractivity contribution in [1.82, 2.24) is 29.2 Å². The Labute approximate surface area is 159 Å². The molecule has 1 amide bonds. The maximum Gasteiger partial charge on any atom is 0.291 e. The smallest absolute Gasteiger partial charge is 0.291 e. The van der Waals surface area contributed by atoms with Crippen LogP contribution >= 0.6 is 0 Å². The Balaban J connectivity index is 1.49. The molecule has 146 valence electrons. The number of imidazole rings is 1. The number of aryl methyl sites for hydroxylation is 1. The molecule has 0 aliphatic carbocycles. The van der Waals surface area contributed by atoms with Crippen molar-refractivity contribution in [2.75, 3.05) is 26.8 Å². The molecule has 0 saturated carbocycles. The van der Waals surface area contributed by atoms with Crippen LogP contribution in [0.15, 0.2) is 12.4 Å². The first-order valence-electron chi connectivity index (χ1n) is 9.99. The van der Waals surface area contributed by atoms with Crippen molar-refractivity contribution in [3.63, 3.8) is 0 Å². The summed E-state index contributed by atoms with van der Waals surface area (Å²) in [6.07, 6.45) is 10.2. The predicted molar refractivity (Wildman–Crippen MR) is 99.6 cm³/mol. The molecule has 1 saturated heterocycles. The number of rotatable bonds is 5. The van der Waals surface area contributed by atoms with E-state index in [0.29, 0.717) is 19.0 Å². The molecule has 0 unspecified atom stereocenters. The Morgan fingerprint density at radius 3 is 3.04 bits per heavy atom. The molecule has 8 nitrogen and oxygen atoms in total. The fraction of sp³-hybridized carbons (Fsp3) is 0.684. The zero-order valence-corrected chi connectivity index (χ0v) is 16.0. The zero-order chi connectivity index (χ0) is 18.6. The number of piperidine rings is 1. The van der Waals surface area contributed by atoms with Gasteiger partial charge in [0.25, 0.3) is 5.91 Å². The third-order valence-corrected chi connectivity index (χ3v) is 5.66. The highest BCUT2D eigenvalue weighted by Crippen LogP contribution is 2.27. The number of hydrogen-bond acceptors (Lipinski definition) is 5. The Hall–Kier alpha value is -2.22. The van der Waals surface area contributed by atoms with Crippen LogP contribution in [-0.2, 0) is 24.2 Å². The molecular weight excluding hydrogens is 344 g/mol. The minimum atomic E-state index is 0.00958. The Morgan fingerprint density at radius 2 is 2.15 bits per heavy atom. The van der Waals surface area contributed by atoms with Gasteiger partial charge in [-0.2, -0.15) is 0 Å². The first kappa shape index (κ1) is 18.2. The van der Waals surface area contributed by atoms with Crippen LogP contribution in [0.5, 0.6) is 0 Å². The van der Waals surface area contributed by atoms with E-state index in [1.807, 2.05) is 21.9 Å². The Morgan fingerprint density at radius 1 is 1.22 bits per heavy atom. The number of methoxy groups -OCH3 is 1. The average Bonchev–Trinajstić information content (AvgIpc) is 3.27. The minimum absolute atomic E-state index is 0.00958. The molecule has 0 bridgehead atoms. The number of carbonyl (C=O) groups is 1. The van der Waals surface area contributed by atoms with Crippen LogP contribution in [0.2, 0.25) is 0 Å². The lowest BCUT2D eigenvalue weighted by molar-refractivity contribution is 0.0684. The molecule has 2 aromatic heterocycles. The van der Waals surface area contributed by atoms with Crippen LogP contribution in [-0.4, -0.2) is 61.9 Å². The number of aromatic nitrogens is 5. The quantitative estimate of drug-likeness (QED) is 0.801. The average molecular weight is 372 g/mol. The van der Waals surface area contributed by atoms with E-state index in [1.165, 1.54) is 6.42 Å². The number of ether oxygens (including phenoxy) is 1. The van der Waals surface area contributed by atoms with Crippen molar-refractivity contribution in [2.45, 2.75) is 57.5 Å². The normalized spacial score (nSPS) is 20.3. The lowest BCUT2D eigenvalue weighted by Crippen LogP contribution is -2.41. The summed E-state index contributed by atoms with van der Waals surface area (Å²) < 4.78 is 9.38. The minimum Gasteiger partial charge on any atom is -0.383 e. The maximum atomic E-state index is 13.2. The Kier molecular flexibility index (Phi) is 5.52. The SMILES string of the molecule is COCCn1ccnc1[C@H]1CCCN(C(=O)c2nnc3n2CCCCC3)C1. The van der Waals surface area contributed by atoms with Gasteiger partial charge in [-0.25, -0.2) is 4.98 Å². The third-order valence-electron chi connectivity index (χ3n) is 5.66. The maximum absolute atomic E-state index is 13.2. The van der Waals surface area contributed by atoms with Gasteiger partial charge in [0.05, 0.1) is 6.61 Å². The molecule has 0 radical (unpaired) electrons. The van der Waals surface area contributed by atoms with Crippen molar-refractivity contribution in [2.24, 2.45) is 0 Å². The van der Waals surface area contributed by atoms with Crippen LogP contribution < -0.4 is 0 Å². The summed E-state index contributed by atoms with van der Waals surface area (Å²) in [4.78, 5) is 19.7. The van der Waals surface area contributed by atoms with Crippen LogP contribution in [0.4, 0.5) is 0 Å². The Bertz CT molecular complexity index is 783. The summed E-state index contributed by atoms with van der Waals surface area (Å²) in [5, 5.41) is 8.53. The van der Waals surface area contributed by atoms with E-state index in [9.17, 15) is 4.79 Å². The summed E-state index contributed by atoms with van der Waals surface area (Å²) in [5.41, 5.74) is 0. The van der Waals surface area contributed by atoms with Gasteiger partial charge >= 0.3 is 0 Å². The van der Waals surface area contributed by atoms with Gasteiger partial charge in [0.2, 0.25) is 5.82 Å². The lowest BCUT2D eigenvalue weighted by Gasteiger charge is -2.32. The number of carbonyl (C=O) groups excluding carboxylic acids is 1. The number of fused-ring (bicyclic) bond motifs is 1. The second kappa shape index (κ2) is 8.21. The van der Waals surface area contributed by atoms with Crippen molar-refractivity contribution < 1.29 is 9.53 Å². The number of amides is 1. The lowest BCUT2D eigenvalue weighted by atomic mass is 9.97. The molecule has 0 N–H and O–H groups in total. The monoisotopic (exact) mass is 372 g/mol. The molecule has 8 heteroatoms. The predicted octanol–water partition coefficient (Wildman–Crippen LogP) is 1.87. The van der Waals surface area contributed by atoms with Gasteiger partial charge < -0.3 is 18.8 Å². The summed E-state index contributed by atoms with van der Waals surface area (Å²) in [7, 11) is 1.71. The molecule has 0 aromatic carbocycles. The fourth-order valence-corrected chi connectivity index (χ4v) is 4.22. The van der Waals surface area contributed by atoms with Gasteiger partial charge in [-0.1, -0.05) is 6.42 Å². The molecule has 1 atom stereocenters. The second-order valence-corrected chi connectivity index (χ2v) is 7.46. The molecule has 27 heavy (non-hydrogen) atoms. The van der Waals surface area contributed by atoms with E-state index in [4.69, 9.17) is 4.74 Å². The van der Waals surface area contributed by atoms with Gasteiger partial charge in [-0.05, 0) is 25.7 Å². The first-order chi connectivity index (χ1) is 13.3. The van der Waals surface area contributed by atoms with Crippen molar-refractivity contribution >= 4 is 5.91 Å². The number of nitrogens with zero attached hydrogens (tertiary/aromatic N) is 6. The van der Waals surface area contributed by atoms with Gasteiger partial charge in [-0.15, -0.1) is 10.2 Å². The van der Waals surface area contributed by atoms with E-state index in [0.717, 1.165) is 63.4 Å². The molecule has 0 spiro atoms. The van der Waals surface area contributed by atoms with E-state index in [1.54, 1.807) is 7.11 Å². The summed E-state index contributed by atoms with van der Waals surface area (Å²) in [5.74, 6) is 2.77. The second-order valence-electron chi connectivity index (χ2n) is 7.46. The summed E-state index contributed by atoms with van der Waals surface area (Å²) >= 11 is 0. The van der Waals surface area contributed by atoms with Gasteiger partial charge in [0.1, 0.15) is 11.6 Å². The standard InChI is InChI=1S/C19H28N6O2/c1-27-13-12-23-11-8-20-17(23)15-6-5-9-24(14-15)19(26)18-22-21-16-7-3-2-4-10-25(16)18/h8,11,15H,2-7,9-10,12-14H2,1H3/t15-/m0/s1. The van der Waals surface area contributed by atoms with Crippen LogP contribution in [0.1, 0.15) is 60.3 Å². The van der Waals surface area contributed by atoms with E-state index in [2.05, 4.69) is 19.7 Å². The largest absolute Gasteiger partial charge is 0.383 e. The topological polar surface area (TPSA) is 78.1 Å². The van der Waals surface area contributed by atoms with Crippen molar-refractivity contribution in [3.8, 4) is 0 Å². The van der Waals surface area contributed by atoms with Crippen LogP contribution in [0, 0.1) is 0 Å². The molecule has 4 rings (SSSR count). The highest BCUT2D eigenvalue weighted by Gasteiger charge is 2.31. The van der Waals surface area contributed by atoms with E-state index < -0.39 is 0 Å². The summed E-state index contributed by atoms with van der Waals surface area (Å²) in [6.45, 7) is 3.75. The van der Waals surface area contributed by atoms with Gasteiger partial charge in [0, 0.05) is 58.0 Å². The molecule has 2 aliphatic rings. The third kappa shape index (κ3) is 3.76. The molecule has 4 heterocycles. The van der Waals surface area contributed by atoms with Crippen LogP contribution in [0.25, 0.3) is 0 Å². The first-order valence-corrected chi connectivity index (χ1v) is 9.99. The van der Waals surface area contributed by atoms with Crippen molar-refractivity contribution in [3.05, 3.63) is 29.9 Å². The number of hydrogen-bond donors (Lipinski definition) is 0. The molecule has 1 fully saturated rings. The van der Waals surface area contributed by atoms with Crippen LogP contribution in [0.3, 0.4) is 0 Å². The molecule has 2 aliphatic heterocycles. The van der Waals surface area contributed by atoms with Gasteiger partial charge in [0.15, 0.2) is 0 Å². The zero-order valence-electron chi connectivity index (χ0n) is 16.0. The van der Waals surface area contributed by atoms with E-state index in [-0.39, 0.29) is 11.8 Å². The van der Waals surface area contributed by atoms with E-state index >= 15 is 0 Å². The van der Waals surface area contributed by atoms with Gasteiger partial charge in [-0.3, -0.25) is 4.79 Å².